The monoisotopic (exact) mass is 300 g/mol. The Morgan fingerprint density at radius 1 is 1.00 bits per heavy atom. The van der Waals surface area contributed by atoms with Gasteiger partial charge in [-0.2, -0.15) is 0 Å². The summed E-state index contributed by atoms with van der Waals surface area (Å²) in [6, 6.07) is 11.4. The number of carbonyl (C=O) groups is 1. The van der Waals surface area contributed by atoms with Gasteiger partial charge in [-0.05, 0) is 19.4 Å². The third-order valence-corrected chi connectivity index (χ3v) is 3.36. The number of Topliss-reactive ketones (excluding diaryl/α,β-unsaturated/α-hetero) is 1. The topological polar surface area (TPSA) is 44.8 Å². The lowest BCUT2D eigenvalue weighted by molar-refractivity contribution is 0.101. The van der Waals surface area contributed by atoms with Crippen LogP contribution in [0.1, 0.15) is 28.4 Å². The zero-order valence-electron chi connectivity index (χ0n) is 13.3. The zero-order chi connectivity index (χ0) is 16.1. The summed E-state index contributed by atoms with van der Waals surface area (Å²) in [6.07, 6.45) is 0. The van der Waals surface area contributed by atoms with Crippen LogP contribution in [0.15, 0.2) is 36.4 Å². The van der Waals surface area contributed by atoms with Crippen LogP contribution >= 0.6 is 0 Å². The molecule has 0 radical (unpaired) electrons. The van der Waals surface area contributed by atoms with E-state index in [4.69, 9.17) is 14.2 Å². The number of methoxy groups -OCH3 is 2. The number of hydrogen-bond acceptors (Lipinski definition) is 4. The maximum atomic E-state index is 11.9. The Balaban J connectivity index is 2.31. The first-order valence-corrected chi connectivity index (χ1v) is 7.00. The molecule has 0 aliphatic rings. The van der Waals surface area contributed by atoms with Crippen molar-refractivity contribution in [3.63, 3.8) is 0 Å². The molecule has 2 aromatic carbocycles. The molecule has 0 heterocycles. The first kappa shape index (κ1) is 15.9. The van der Waals surface area contributed by atoms with Gasteiger partial charge < -0.3 is 14.2 Å². The lowest BCUT2D eigenvalue weighted by Gasteiger charge is -2.15. The van der Waals surface area contributed by atoms with Gasteiger partial charge in [0.15, 0.2) is 5.78 Å². The molecule has 0 saturated carbocycles. The molecule has 4 nitrogen and oxygen atoms in total. The van der Waals surface area contributed by atoms with Crippen molar-refractivity contribution in [1.29, 1.82) is 0 Å². The van der Waals surface area contributed by atoms with Gasteiger partial charge in [0.25, 0.3) is 0 Å². The second-order valence-corrected chi connectivity index (χ2v) is 5.03. The minimum Gasteiger partial charge on any atom is -0.496 e. The van der Waals surface area contributed by atoms with Crippen LogP contribution in [-0.4, -0.2) is 20.0 Å². The maximum absolute atomic E-state index is 11.9. The van der Waals surface area contributed by atoms with Gasteiger partial charge in [-0.3, -0.25) is 4.79 Å². The van der Waals surface area contributed by atoms with Gasteiger partial charge in [0.2, 0.25) is 0 Å². The second-order valence-electron chi connectivity index (χ2n) is 5.03. The van der Waals surface area contributed by atoms with E-state index in [-0.39, 0.29) is 5.78 Å². The Bertz CT molecular complexity index is 660. The average Bonchev–Trinajstić information content (AvgIpc) is 2.53. The fourth-order valence-electron chi connectivity index (χ4n) is 2.15. The molecule has 22 heavy (non-hydrogen) atoms. The average molecular weight is 300 g/mol. The predicted molar refractivity (Wildman–Crippen MR) is 85.1 cm³/mol. The molecule has 0 N–H and O–H groups in total. The van der Waals surface area contributed by atoms with E-state index in [0.29, 0.717) is 29.4 Å². The summed E-state index contributed by atoms with van der Waals surface area (Å²) in [4.78, 5) is 11.9. The molecule has 0 atom stereocenters. The zero-order valence-corrected chi connectivity index (χ0v) is 13.3. The number of ether oxygens (including phenoxy) is 3. The Hall–Kier alpha value is -2.49. The normalized spacial score (nSPS) is 10.2. The van der Waals surface area contributed by atoms with Crippen molar-refractivity contribution in [3.05, 3.63) is 53.1 Å². The summed E-state index contributed by atoms with van der Waals surface area (Å²) >= 11 is 0. The molecule has 0 saturated heterocycles. The van der Waals surface area contributed by atoms with Crippen LogP contribution in [0.5, 0.6) is 17.2 Å². The van der Waals surface area contributed by atoms with E-state index < -0.39 is 0 Å². The number of ketones is 1. The number of benzene rings is 2. The Morgan fingerprint density at radius 3 is 2.18 bits per heavy atom. The van der Waals surface area contributed by atoms with Crippen LogP contribution in [-0.2, 0) is 6.61 Å². The van der Waals surface area contributed by atoms with E-state index in [9.17, 15) is 4.79 Å². The van der Waals surface area contributed by atoms with Gasteiger partial charge in [0.05, 0.1) is 14.2 Å². The standard InChI is InChI=1S/C18H20O4/c1-12-5-7-14(8-6-12)11-22-17-10-15(20-3)9-16(21-4)18(17)13(2)19/h5-10H,11H2,1-4H3. The van der Waals surface area contributed by atoms with Crippen LogP contribution in [0.4, 0.5) is 0 Å². The van der Waals surface area contributed by atoms with Gasteiger partial charge in [0, 0.05) is 12.1 Å². The minimum atomic E-state index is -0.113. The Kier molecular flexibility index (Phi) is 5.04. The lowest BCUT2D eigenvalue weighted by Crippen LogP contribution is -2.05. The van der Waals surface area contributed by atoms with Gasteiger partial charge >= 0.3 is 0 Å². The van der Waals surface area contributed by atoms with Crippen molar-refractivity contribution in [1.82, 2.24) is 0 Å². The molecule has 0 fully saturated rings. The highest BCUT2D eigenvalue weighted by molar-refractivity contribution is 6.00. The molecule has 4 heteroatoms. The van der Waals surface area contributed by atoms with E-state index in [2.05, 4.69) is 0 Å². The summed E-state index contributed by atoms with van der Waals surface area (Å²) in [5.41, 5.74) is 2.65. The van der Waals surface area contributed by atoms with Crippen LogP contribution < -0.4 is 14.2 Å². The van der Waals surface area contributed by atoms with Crippen LogP contribution in [0, 0.1) is 6.92 Å². The molecular formula is C18H20O4. The smallest absolute Gasteiger partial charge is 0.167 e. The van der Waals surface area contributed by atoms with Gasteiger partial charge in [-0.25, -0.2) is 0 Å². The Morgan fingerprint density at radius 2 is 1.64 bits per heavy atom. The van der Waals surface area contributed by atoms with Crippen LogP contribution in [0.2, 0.25) is 0 Å². The van der Waals surface area contributed by atoms with Crippen molar-refractivity contribution >= 4 is 5.78 Å². The first-order chi connectivity index (χ1) is 10.5. The second kappa shape index (κ2) is 6.98. The van der Waals surface area contributed by atoms with Gasteiger partial charge in [0.1, 0.15) is 29.4 Å². The van der Waals surface area contributed by atoms with Gasteiger partial charge in [-0.1, -0.05) is 29.8 Å². The summed E-state index contributed by atoms with van der Waals surface area (Å²) in [6.45, 7) is 3.89. The van der Waals surface area contributed by atoms with E-state index in [0.717, 1.165) is 5.56 Å². The van der Waals surface area contributed by atoms with E-state index >= 15 is 0 Å². The molecule has 116 valence electrons. The fraction of sp³-hybridized carbons (Fsp3) is 0.278. The SMILES string of the molecule is COc1cc(OC)c(C(C)=O)c(OCc2ccc(C)cc2)c1. The summed E-state index contributed by atoms with van der Waals surface area (Å²) in [5.74, 6) is 1.38. The highest BCUT2D eigenvalue weighted by Gasteiger charge is 2.17. The number of rotatable bonds is 6. The third kappa shape index (κ3) is 3.58. The molecule has 0 aromatic heterocycles. The van der Waals surface area contributed by atoms with Crippen molar-refractivity contribution < 1.29 is 19.0 Å². The molecule has 0 bridgehead atoms. The molecular weight excluding hydrogens is 280 g/mol. The number of hydrogen-bond donors (Lipinski definition) is 0. The summed E-state index contributed by atoms with van der Waals surface area (Å²) in [7, 11) is 3.08. The quantitative estimate of drug-likeness (QED) is 0.761. The van der Waals surface area contributed by atoms with Gasteiger partial charge in [-0.15, -0.1) is 0 Å². The molecule has 2 aromatic rings. The summed E-state index contributed by atoms with van der Waals surface area (Å²) in [5, 5.41) is 0. The molecule has 0 unspecified atom stereocenters. The minimum absolute atomic E-state index is 0.113. The first-order valence-electron chi connectivity index (χ1n) is 7.00. The van der Waals surface area contributed by atoms with Crippen molar-refractivity contribution in [2.75, 3.05) is 14.2 Å². The van der Waals surface area contributed by atoms with Crippen LogP contribution in [0.25, 0.3) is 0 Å². The van der Waals surface area contributed by atoms with Crippen molar-refractivity contribution in [2.45, 2.75) is 20.5 Å². The highest BCUT2D eigenvalue weighted by Crippen LogP contribution is 2.34. The highest BCUT2D eigenvalue weighted by atomic mass is 16.5. The van der Waals surface area contributed by atoms with Crippen LogP contribution in [0.3, 0.4) is 0 Å². The molecule has 0 aliphatic carbocycles. The van der Waals surface area contributed by atoms with E-state index in [1.807, 2.05) is 31.2 Å². The lowest BCUT2D eigenvalue weighted by atomic mass is 10.1. The third-order valence-electron chi connectivity index (χ3n) is 3.36. The molecule has 0 spiro atoms. The number of carbonyl (C=O) groups excluding carboxylic acids is 1. The molecule has 0 aliphatic heterocycles. The largest absolute Gasteiger partial charge is 0.496 e. The maximum Gasteiger partial charge on any atom is 0.167 e. The Labute approximate surface area is 130 Å². The summed E-state index contributed by atoms with van der Waals surface area (Å²) < 4.78 is 16.3. The predicted octanol–water partition coefficient (Wildman–Crippen LogP) is 3.79. The van der Waals surface area contributed by atoms with E-state index in [1.165, 1.54) is 19.6 Å². The molecule has 0 amide bonds. The van der Waals surface area contributed by atoms with Crippen molar-refractivity contribution in [3.8, 4) is 17.2 Å². The number of aryl methyl sites for hydroxylation is 1. The van der Waals surface area contributed by atoms with Crippen molar-refractivity contribution in [2.24, 2.45) is 0 Å². The van der Waals surface area contributed by atoms with E-state index in [1.54, 1.807) is 19.2 Å². The fourth-order valence-corrected chi connectivity index (χ4v) is 2.15. The molecule has 2 rings (SSSR count).